The molecular weight excluding hydrogens is 453 g/mol. The van der Waals surface area contributed by atoms with Crippen LogP contribution < -0.4 is 0 Å². The van der Waals surface area contributed by atoms with Crippen LogP contribution in [0, 0.1) is 22.7 Å². The van der Waals surface area contributed by atoms with E-state index in [9.17, 15) is 28.5 Å². The van der Waals surface area contributed by atoms with E-state index in [0.29, 0.717) is 29.9 Å². The van der Waals surface area contributed by atoms with Gasteiger partial charge in [0.2, 0.25) is 0 Å². The highest BCUT2D eigenvalue weighted by atomic mass is 19.3. The van der Waals surface area contributed by atoms with Gasteiger partial charge in [0.15, 0.2) is 5.83 Å². The molecule has 0 amide bonds. The van der Waals surface area contributed by atoms with Crippen molar-refractivity contribution in [3.8, 4) is 5.75 Å². The van der Waals surface area contributed by atoms with Gasteiger partial charge in [0.1, 0.15) is 11.9 Å². The number of aliphatic hydroxyl groups is 2. The predicted molar refractivity (Wildman–Crippen MR) is 131 cm³/mol. The number of benzene rings is 1. The Morgan fingerprint density at radius 3 is 2.63 bits per heavy atom. The van der Waals surface area contributed by atoms with E-state index in [1.165, 1.54) is 11.1 Å². The molecule has 3 nitrogen and oxygen atoms in total. The number of rotatable bonds is 9. The number of unbranched alkanes of at least 4 members (excludes halogenated alkanes) is 3. The third kappa shape index (κ3) is 4.69. The van der Waals surface area contributed by atoms with Crippen molar-refractivity contribution in [2.24, 2.45) is 22.7 Å². The molecule has 7 atom stereocenters. The third-order valence-electron chi connectivity index (χ3n) is 9.63. The van der Waals surface area contributed by atoms with Crippen molar-refractivity contribution in [1.29, 1.82) is 0 Å². The highest BCUT2D eigenvalue weighted by molar-refractivity contribution is 5.43. The minimum absolute atomic E-state index is 0.00237. The Morgan fingerprint density at radius 2 is 1.91 bits per heavy atom. The molecule has 0 bridgehead atoms. The molecule has 3 N–H and O–H groups in total. The predicted octanol–water partition coefficient (Wildman–Crippen LogP) is 7.17. The van der Waals surface area contributed by atoms with E-state index in [1.807, 2.05) is 6.07 Å². The van der Waals surface area contributed by atoms with Gasteiger partial charge in [-0.3, -0.25) is 0 Å². The van der Waals surface area contributed by atoms with Crippen LogP contribution >= 0.6 is 0 Å². The van der Waals surface area contributed by atoms with Crippen molar-refractivity contribution in [3.63, 3.8) is 0 Å². The van der Waals surface area contributed by atoms with Crippen LogP contribution in [0.4, 0.5) is 13.2 Å². The third-order valence-corrected chi connectivity index (χ3v) is 9.63. The number of hydrogen-bond acceptors (Lipinski definition) is 3. The lowest BCUT2D eigenvalue weighted by atomic mass is 9.44. The summed E-state index contributed by atoms with van der Waals surface area (Å²) in [6, 6.07) is 5.77. The van der Waals surface area contributed by atoms with Gasteiger partial charge in [0, 0.05) is 0 Å². The SMILES string of the molecule is C=CC12CCc3cc(O)ccc3[C@H]1[C@@H](CCCCCCC(O)C(F)=C(F)F)C[C@]1(C)[C@@H](O)CC[C@@H]21. The van der Waals surface area contributed by atoms with Gasteiger partial charge in [0.25, 0.3) is 0 Å². The lowest BCUT2D eigenvalue weighted by Gasteiger charge is -2.60. The van der Waals surface area contributed by atoms with Crippen molar-refractivity contribution in [1.82, 2.24) is 0 Å². The Bertz CT molecular complexity index is 958. The average Bonchev–Trinajstić information content (AvgIpc) is 3.14. The Balaban J connectivity index is 1.49. The van der Waals surface area contributed by atoms with Crippen molar-refractivity contribution >= 4 is 0 Å². The Labute approximate surface area is 206 Å². The summed E-state index contributed by atoms with van der Waals surface area (Å²) in [5, 5.41) is 30.6. The van der Waals surface area contributed by atoms with E-state index >= 15 is 0 Å². The molecule has 194 valence electrons. The van der Waals surface area contributed by atoms with Gasteiger partial charge in [-0.1, -0.05) is 44.7 Å². The minimum atomic E-state index is -2.44. The first kappa shape index (κ1) is 26.3. The summed E-state index contributed by atoms with van der Waals surface area (Å²) in [6.07, 6.45) is 6.40. The zero-order valence-electron chi connectivity index (χ0n) is 20.7. The molecule has 1 aromatic rings. The van der Waals surface area contributed by atoms with Crippen LogP contribution in [0.2, 0.25) is 0 Å². The molecule has 6 heteroatoms. The largest absolute Gasteiger partial charge is 0.508 e. The van der Waals surface area contributed by atoms with Crippen molar-refractivity contribution in [3.05, 3.63) is 53.9 Å². The summed E-state index contributed by atoms with van der Waals surface area (Å²) in [6.45, 7) is 6.58. The summed E-state index contributed by atoms with van der Waals surface area (Å²) < 4.78 is 37.7. The molecule has 4 rings (SSSR count). The maximum Gasteiger partial charge on any atom is 0.304 e. The standard InChI is InChI=1S/C29H39F3O3/c1-3-29-15-14-18-16-20(33)10-11-21(18)25(29)19(17-28(2)23(29)12-13-24(28)35)8-6-4-5-7-9-22(34)26(30)27(31)32/h3,10-11,16,19,22-25,33-35H,1,4-9,12-15,17H2,2H3/t19-,22?,23+,24-,25+,28-,29?/m0/s1. The monoisotopic (exact) mass is 492 g/mol. The lowest BCUT2D eigenvalue weighted by molar-refractivity contribution is -0.0812. The van der Waals surface area contributed by atoms with E-state index in [0.717, 1.165) is 57.8 Å². The maximum absolute atomic E-state index is 13.1. The van der Waals surface area contributed by atoms with Crippen LogP contribution in [0.3, 0.4) is 0 Å². The van der Waals surface area contributed by atoms with Gasteiger partial charge >= 0.3 is 6.08 Å². The molecule has 0 aliphatic heterocycles. The lowest BCUT2D eigenvalue weighted by Crippen LogP contribution is -2.54. The quantitative estimate of drug-likeness (QED) is 0.253. The van der Waals surface area contributed by atoms with Crippen LogP contribution in [0.15, 0.2) is 42.8 Å². The fourth-order valence-electron chi connectivity index (χ4n) is 8.04. The van der Waals surface area contributed by atoms with Gasteiger partial charge in [-0.25, -0.2) is 4.39 Å². The second kappa shape index (κ2) is 10.3. The molecule has 0 aromatic heterocycles. The Kier molecular flexibility index (Phi) is 7.73. The number of aliphatic hydroxyl groups excluding tert-OH is 2. The highest BCUT2D eigenvalue weighted by Gasteiger charge is 2.63. The topological polar surface area (TPSA) is 60.7 Å². The molecule has 1 aromatic carbocycles. The van der Waals surface area contributed by atoms with Crippen LogP contribution in [-0.2, 0) is 6.42 Å². The van der Waals surface area contributed by atoms with E-state index in [4.69, 9.17) is 0 Å². The zero-order chi connectivity index (χ0) is 25.4. The van der Waals surface area contributed by atoms with Crippen molar-refractivity contribution in [2.45, 2.75) is 95.7 Å². The number of halogens is 3. The molecule has 0 radical (unpaired) electrons. The molecular formula is C29H39F3O3. The average molecular weight is 493 g/mol. The van der Waals surface area contributed by atoms with Crippen LogP contribution in [0.1, 0.15) is 88.2 Å². The number of aromatic hydroxyl groups is 1. The van der Waals surface area contributed by atoms with Gasteiger partial charge in [-0.15, -0.1) is 6.58 Å². The molecule has 3 aliphatic carbocycles. The van der Waals surface area contributed by atoms with E-state index in [2.05, 4.69) is 25.6 Å². The smallest absolute Gasteiger partial charge is 0.304 e. The fourth-order valence-corrected chi connectivity index (χ4v) is 8.04. The number of hydrogen-bond donors (Lipinski definition) is 3. The van der Waals surface area contributed by atoms with Gasteiger partial charge in [0.05, 0.1) is 6.10 Å². The molecule has 35 heavy (non-hydrogen) atoms. The molecule has 2 fully saturated rings. The van der Waals surface area contributed by atoms with E-state index < -0.39 is 18.0 Å². The molecule has 0 heterocycles. The molecule has 2 saturated carbocycles. The highest BCUT2D eigenvalue weighted by Crippen LogP contribution is 2.69. The maximum atomic E-state index is 13.1. The number of phenolic OH excluding ortho intramolecular Hbond substituents is 1. The summed E-state index contributed by atoms with van der Waals surface area (Å²) in [4.78, 5) is 0. The fraction of sp³-hybridized carbons (Fsp3) is 0.655. The summed E-state index contributed by atoms with van der Waals surface area (Å²) in [5.41, 5.74) is 2.29. The van der Waals surface area contributed by atoms with Gasteiger partial charge in [-0.05, 0) is 96.8 Å². The normalized spacial score (nSPS) is 34.5. The first-order valence-corrected chi connectivity index (χ1v) is 13.2. The van der Waals surface area contributed by atoms with Crippen molar-refractivity contribution in [2.75, 3.05) is 0 Å². The number of fused-ring (bicyclic) bond motifs is 5. The van der Waals surface area contributed by atoms with E-state index in [1.54, 1.807) is 6.07 Å². The molecule has 0 spiro atoms. The second-order valence-electron chi connectivity index (χ2n) is 11.4. The Morgan fingerprint density at radius 1 is 1.17 bits per heavy atom. The first-order valence-electron chi connectivity index (χ1n) is 13.2. The molecule has 2 unspecified atom stereocenters. The Hall–Kier alpha value is -1.79. The zero-order valence-corrected chi connectivity index (χ0v) is 20.7. The summed E-state index contributed by atoms with van der Waals surface area (Å²) in [7, 11) is 0. The van der Waals surface area contributed by atoms with Crippen LogP contribution in [-0.4, -0.2) is 27.5 Å². The molecule has 3 aliphatic rings. The van der Waals surface area contributed by atoms with Gasteiger partial charge in [-0.2, -0.15) is 8.78 Å². The minimum Gasteiger partial charge on any atom is -0.508 e. The second-order valence-corrected chi connectivity index (χ2v) is 11.4. The van der Waals surface area contributed by atoms with E-state index in [-0.39, 0.29) is 23.4 Å². The number of phenols is 1. The summed E-state index contributed by atoms with van der Waals surface area (Å²) in [5.74, 6) is -0.387. The first-order chi connectivity index (χ1) is 16.6. The summed E-state index contributed by atoms with van der Waals surface area (Å²) >= 11 is 0. The van der Waals surface area contributed by atoms with Gasteiger partial charge < -0.3 is 15.3 Å². The van der Waals surface area contributed by atoms with Crippen LogP contribution in [0.5, 0.6) is 5.75 Å². The van der Waals surface area contributed by atoms with Crippen LogP contribution in [0.25, 0.3) is 0 Å². The molecule has 0 saturated heterocycles. The van der Waals surface area contributed by atoms with Crippen molar-refractivity contribution < 1.29 is 28.5 Å². The number of allylic oxidation sites excluding steroid dienone is 1. The number of aryl methyl sites for hydroxylation is 1.